The number of imide groups is 2. The molecule has 7 fully saturated rings. The number of fused-ring (bicyclic) bond motifs is 2. The molecule has 0 radical (unpaired) electrons. The minimum Gasteiger partial charge on any atom is -0.480 e. The van der Waals surface area contributed by atoms with Crippen molar-refractivity contribution in [1.82, 2.24) is 24.9 Å². The molecule has 9 amide bonds. The van der Waals surface area contributed by atoms with E-state index in [1.165, 1.54) is 26.5 Å². The Bertz CT molecular complexity index is 4480. The molecule has 15 rings (SSSR count). The summed E-state index contributed by atoms with van der Waals surface area (Å²) in [5.74, 6) is -3.57. The number of nitrogens with zero attached hydrogens (tertiary/aromatic N) is 6. The number of halogens is 6. The molecule has 7 heterocycles. The van der Waals surface area contributed by atoms with Gasteiger partial charge in [0.05, 0.1) is 11.4 Å². The second-order valence-electron chi connectivity index (χ2n) is 26.4. The lowest BCUT2D eigenvalue weighted by molar-refractivity contribution is -0.148. The van der Waals surface area contributed by atoms with Gasteiger partial charge in [0.15, 0.2) is 0 Å². The van der Waals surface area contributed by atoms with E-state index in [9.17, 15) is 53.4 Å². The Kier molecular flexibility index (Phi) is 24.6. The fourth-order valence-corrected chi connectivity index (χ4v) is 16.9. The zero-order valence-corrected chi connectivity index (χ0v) is 61.4. The average molecular weight is 1540 g/mol. The van der Waals surface area contributed by atoms with Gasteiger partial charge in [0.25, 0.3) is 11.8 Å². The molecule has 7 aliphatic heterocycles. The first-order valence-corrected chi connectivity index (χ1v) is 36.3. The van der Waals surface area contributed by atoms with E-state index in [1.807, 2.05) is 159 Å². The van der Waals surface area contributed by atoms with Gasteiger partial charge < -0.3 is 45.6 Å². The van der Waals surface area contributed by atoms with Gasteiger partial charge in [-0.1, -0.05) is 221 Å². The first kappa shape index (κ1) is 76.6. The van der Waals surface area contributed by atoms with Crippen LogP contribution in [0.4, 0.5) is 31.4 Å². The number of carboxylic acid groups (broad SMARTS) is 3. The maximum absolute atomic E-state index is 13.3. The van der Waals surface area contributed by atoms with E-state index in [4.69, 9.17) is 74.7 Å². The molecule has 8 aromatic rings. The molecule has 0 bridgehead atoms. The molecule has 0 spiro atoms. The van der Waals surface area contributed by atoms with Crippen molar-refractivity contribution in [2.24, 2.45) is 0 Å². The summed E-state index contributed by atoms with van der Waals surface area (Å²) in [5.41, 5.74) is 5.53. The van der Waals surface area contributed by atoms with Crippen molar-refractivity contribution in [1.29, 1.82) is 0 Å². The van der Waals surface area contributed by atoms with Gasteiger partial charge in [0, 0.05) is 98.5 Å². The molecule has 26 heteroatoms. The molecule has 10 atom stereocenters. The average Bonchev–Trinajstić information content (AvgIpc) is 1.44. The Morgan fingerprint density at radius 2 is 0.848 bits per heavy atom. The number of urea groups is 3. The number of aliphatic carboxylic acids is 3. The maximum atomic E-state index is 13.3. The molecule has 9 unspecified atom stereocenters. The maximum Gasteiger partial charge on any atom is 0.332 e. The summed E-state index contributed by atoms with van der Waals surface area (Å²) in [5, 5.41) is 35.9. The molecular weight excluding hydrogens is 1470 g/mol. The normalized spacial score (nSPS) is 23.4. The topological polar surface area (TPSA) is 258 Å². The zero-order chi connectivity index (χ0) is 75.0. The van der Waals surface area contributed by atoms with Gasteiger partial charge in [0.2, 0.25) is 5.91 Å². The summed E-state index contributed by atoms with van der Waals surface area (Å²) >= 11 is 36.0. The standard InChI is InChI=1S/C19H16Cl2N2O2.C18H16Cl2N2O3.C18H14Cl2N2O2.C13H15NO3.C11H13NO2/c1-19-16(12-5-3-2-4-6-12)7-8-22(19)18(25)23(17(19)24)15-10-13(20)9-14(21)11-15;19-12-8-13(20)10-14(9-12)21-18(25)22-7-6-15(16(22)17(23)24)11-4-2-1-3-5-11;19-12-8-13(20)10-14(9-12)22-17(23)16-15(6-7-21(16)18(22)24)11-4-2-1-3-5-11;1-9(15)14-8-7-11(12(14)13(16)17)10-5-3-2-4-6-10;13-11(14)10-9(6-7-12-10)8-4-2-1-3-5-8/h2-6,9-11,16H,7-8H2,1H3;1-5,8-10,15-16H,6-7H2,(H,21,25)(H,23,24);1-5,8-10,15-16H,6-7H2;2-6,11-12H,7-8H2,1H3,(H,16,17);1-5,9-10,12H,6-7H2,(H,13,14)/t16?,19-;;;;/m1..../s1. The van der Waals surface area contributed by atoms with Crippen molar-refractivity contribution < 1.29 is 58.5 Å². The fourth-order valence-electron chi connectivity index (χ4n) is 15.4. The number of hydrogen-bond acceptors (Lipinski definition) is 10. The quantitative estimate of drug-likeness (QED) is 0.0756. The van der Waals surface area contributed by atoms with Crippen molar-refractivity contribution in [3.05, 3.63) is 264 Å². The minimum atomic E-state index is -1.02. The van der Waals surface area contributed by atoms with Gasteiger partial charge >= 0.3 is 36.0 Å². The number of carbonyl (C=O) groups is 9. The molecule has 544 valence electrons. The highest BCUT2D eigenvalue weighted by Gasteiger charge is 2.62. The van der Waals surface area contributed by atoms with Crippen LogP contribution in [0.3, 0.4) is 0 Å². The summed E-state index contributed by atoms with van der Waals surface area (Å²) in [6, 6.07) is 59.0. The number of nitrogens with one attached hydrogen (secondary N) is 2. The first-order valence-electron chi connectivity index (χ1n) is 34.0. The smallest absolute Gasteiger partial charge is 0.332 e. The van der Waals surface area contributed by atoms with Gasteiger partial charge in [0.1, 0.15) is 29.7 Å². The lowest BCUT2D eigenvalue weighted by Gasteiger charge is -2.30. The van der Waals surface area contributed by atoms with E-state index >= 15 is 0 Å². The lowest BCUT2D eigenvalue weighted by atomic mass is 9.81. The summed E-state index contributed by atoms with van der Waals surface area (Å²) in [6.07, 6.45) is 3.75. The predicted molar refractivity (Wildman–Crippen MR) is 405 cm³/mol. The van der Waals surface area contributed by atoms with Crippen molar-refractivity contribution >= 4 is 140 Å². The van der Waals surface area contributed by atoms with E-state index in [2.05, 4.69) is 10.6 Å². The number of anilines is 3. The Morgan fingerprint density at radius 1 is 0.448 bits per heavy atom. The van der Waals surface area contributed by atoms with Gasteiger partial charge in [-0.3, -0.25) is 19.2 Å². The number of hydrogen-bond donors (Lipinski definition) is 5. The van der Waals surface area contributed by atoms with E-state index in [0.29, 0.717) is 86.2 Å². The van der Waals surface area contributed by atoms with Crippen LogP contribution in [0.2, 0.25) is 30.1 Å². The van der Waals surface area contributed by atoms with E-state index < -0.39 is 53.6 Å². The van der Waals surface area contributed by atoms with Gasteiger partial charge in [-0.15, -0.1) is 0 Å². The third kappa shape index (κ3) is 16.9. The largest absolute Gasteiger partial charge is 0.480 e. The molecule has 8 aromatic carbocycles. The fraction of sp³-hybridized carbons (Fsp3) is 0.278. The summed E-state index contributed by atoms with van der Waals surface area (Å²) < 4.78 is 0. The van der Waals surface area contributed by atoms with Crippen LogP contribution < -0.4 is 20.4 Å². The summed E-state index contributed by atoms with van der Waals surface area (Å²) in [4.78, 5) is 118. The summed E-state index contributed by atoms with van der Waals surface area (Å²) in [6.45, 7) is 6.05. The van der Waals surface area contributed by atoms with Crippen LogP contribution in [0.25, 0.3) is 0 Å². The molecule has 0 aromatic heterocycles. The number of amides is 9. The van der Waals surface area contributed by atoms with Gasteiger partial charge in [-0.05, 0) is 128 Å². The number of rotatable bonds is 11. The van der Waals surface area contributed by atoms with Crippen molar-refractivity contribution in [3.8, 4) is 0 Å². The highest BCUT2D eigenvalue weighted by Crippen LogP contribution is 2.49. The monoisotopic (exact) mass is 1540 g/mol. The van der Waals surface area contributed by atoms with Crippen LogP contribution in [-0.4, -0.2) is 151 Å². The first-order chi connectivity index (χ1) is 50.3. The van der Waals surface area contributed by atoms with Gasteiger partial charge in [-0.25, -0.2) is 33.8 Å². The SMILES string of the molecule is CC(=O)N1CCC(c2ccccc2)C1C(=O)O.C[C@@]12C(=O)N(c3cc(Cl)cc(Cl)c3)C(=O)N1CCC2c1ccccc1.O=C(O)C1C(c2ccccc2)CCN1C(=O)Nc1cc(Cl)cc(Cl)c1.O=C(O)C1NCCC1c1ccccc1.O=C1C2C(c3ccccc3)CCN2C(=O)N1c1cc(Cl)cc(Cl)c1. The van der Waals surface area contributed by atoms with Crippen molar-refractivity contribution in [2.45, 2.75) is 105 Å². The van der Waals surface area contributed by atoms with Crippen molar-refractivity contribution in [2.75, 3.05) is 47.8 Å². The molecule has 20 nitrogen and oxygen atoms in total. The molecular formula is C79H74Cl6N8O12. The second kappa shape index (κ2) is 33.7. The van der Waals surface area contributed by atoms with E-state index in [-0.39, 0.29) is 59.4 Å². The lowest BCUT2D eigenvalue weighted by Crippen LogP contribution is -2.46. The highest BCUT2D eigenvalue weighted by molar-refractivity contribution is 6.37. The zero-order valence-electron chi connectivity index (χ0n) is 56.9. The number of benzene rings is 8. The van der Waals surface area contributed by atoms with Crippen LogP contribution in [0.15, 0.2) is 206 Å². The third-order valence-corrected chi connectivity index (χ3v) is 21.4. The second-order valence-corrected chi connectivity index (χ2v) is 29.0. The van der Waals surface area contributed by atoms with Crippen LogP contribution >= 0.6 is 69.6 Å². The highest BCUT2D eigenvalue weighted by atomic mass is 35.5. The van der Waals surface area contributed by atoms with E-state index in [0.717, 1.165) is 53.6 Å². The Labute approximate surface area is 636 Å². The minimum absolute atomic E-state index is 0.0160. The molecule has 5 N–H and O–H groups in total. The van der Waals surface area contributed by atoms with Crippen LogP contribution in [0.1, 0.15) is 103 Å². The molecule has 7 aliphatic rings. The number of likely N-dealkylation sites (tertiary alicyclic amines) is 2. The van der Waals surface area contributed by atoms with Crippen LogP contribution in [0.5, 0.6) is 0 Å². The van der Waals surface area contributed by atoms with E-state index in [1.54, 1.807) is 64.4 Å². The third-order valence-electron chi connectivity index (χ3n) is 20.1. The Hall–Kier alpha value is -9.51. The van der Waals surface area contributed by atoms with Crippen LogP contribution in [0, 0.1) is 0 Å². The van der Waals surface area contributed by atoms with Crippen LogP contribution in [-0.2, 0) is 28.8 Å². The number of carbonyl (C=O) groups excluding carboxylic acids is 6. The molecule has 0 aliphatic carbocycles. The Morgan fingerprint density at radius 3 is 1.30 bits per heavy atom. The predicted octanol–water partition coefficient (Wildman–Crippen LogP) is 16.2. The van der Waals surface area contributed by atoms with Crippen molar-refractivity contribution in [3.63, 3.8) is 0 Å². The molecule has 7 saturated heterocycles. The molecule has 0 saturated carbocycles. The summed E-state index contributed by atoms with van der Waals surface area (Å²) in [7, 11) is 0. The molecule has 105 heavy (non-hydrogen) atoms. The number of carboxylic acids is 3. The van der Waals surface area contributed by atoms with Gasteiger partial charge in [-0.2, -0.15) is 0 Å². The Balaban J connectivity index is 0.000000133.